The average molecular weight is 460 g/mol. The lowest BCUT2D eigenvalue weighted by Crippen LogP contribution is -2.51. The van der Waals surface area contributed by atoms with Crippen LogP contribution in [-0.2, 0) is 14.4 Å². The van der Waals surface area contributed by atoms with Gasteiger partial charge in [-0.15, -0.1) is 0 Å². The van der Waals surface area contributed by atoms with Crippen LogP contribution in [0.2, 0.25) is 5.02 Å². The topological polar surface area (TPSA) is 132 Å². The Morgan fingerprint density at radius 3 is 2.34 bits per heavy atom. The minimum absolute atomic E-state index is 0.0778. The van der Waals surface area contributed by atoms with Gasteiger partial charge in [0.25, 0.3) is 17.7 Å². The van der Waals surface area contributed by atoms with Gasteiger partial charge >= 0.3 is 6.03 Å². The van der Waals surface area contributed by atoms with Crippen LogP contribution >= 0.6 is 11.6 Å². The van der Waals surface area contributed by atoms with Crippen LogP contribution in [-0.4, -0.2) is 44.6 Å². The van der Waals surface area contributed by atoms with Crippen molar-refractivity contribution in [2.45, 2.75) is 0 Å². The standard InChI is InChI=1S/C21H18ClN3O7/c1-30-15-6-4-3-5-14(15)23-17(26)10-32-18-13(22)8-11(9-16(18)31-2)7-12-19(27)24-21(29)25-20(12)28/h3-9H,10H2,1-2H3,(H,23,26)(H2,24,25,27,28,29). The first-order valence-electron chi connectivity index (χ1n) is 9.14. The molecule has 1 fully saturated rings. The summed E-state index contributed by atoms with van der Waals surface area (Å²) in [5.41, 5.74) is 0.533. The molecule has 1 aliphatic rings. The fourth-order valence-electron chi connectivity index (χ4n) is 2.81. The third kappa shape index (κ3) is 5.16. The molecule has 0 aliphatic carbocycles. The van der Waals surface area contributed by atoms with E-state index < -0.39 is 23.8 Å². The number of barbiturate groups is 1. The number of para-hydroxylation sites is 2. The van der Waals surface area contributed by atoms with Crippen LogP contribution in [0.5, 0.6) is 17.2 Å². The summed E-state index contributed by atoms with van der Waals surface area (Å²) in [5.74, 6) is -1.39. The van der Waals surface area contributed by atoms with Gasteiger partial charge in [0.15, 0.2) is 18.1 Å². The van der Waals surface area contributed by atoms with Crippen molar-refractivity contribution >= 4 is 47.1 Å². The highest BCUT2D eigenvalue weighted by Gasteiger charge is 2.28. The Bertz CT molecular complexity index is 1110. The molecule has 0 spiro atoms. The van der Waals surface area contributed by atoms with E-state index in [1.165, 1.54) is 32.4 Å². The highest BCUT2D eigenvalue weighted by Crippen LogP contribution is 2.37. The van der Waals surface area contributed by atoms with Crippen LogP contribution in [0.1, 0.15) is 5.56 Å². The molecule has 1 heterocycles. The van der Waals surface area contributed by atoms with Crippen LogP contribution in [0.4, 0.5) is 10.5 Å². The zero-order valence-electron chi connectivity index (χ0n) is 17.0. The summed E-state index contributed by atoms with van der Waals surface area (Å²) in [6.45, 7) is -0.374. The van der Waals surface area contributed by atoms with Gasteiger partial charge in [0, 0.05) is 0 Å². The number of ether oxygens (including phenoxy) is 3. The van der Waals surface area contributed by atoms with E-state index in [2.05, 4.69) is 5.32 Å². The molecular formula is C21H18ClN3O7. The molecule has 3 N–H and O–H groups in total. The van der Waals surface area contributed by atoms with E-state index in [-0.39, 0.29) is 28.7 Å². The summed E-state index contributed by atoms with van der Waals surface area (Å²) >= 11 is 6.28. The second kappa shape index (κ2) is 9.84. The van der Waals surface area contributed by atoms with Crippen molar-refractivity contribution in [1.29, 1.82) is 0 Å². The fourth-order valence-corrected chi connectivity index (χ4v) is 3.08. The number of hydrogen-bond donors (Lipinski definition) is 3. The molecule has 10 nitrogen and oxygen atoms in total. The third-order valence-corrected chi connectivity index (χ3v) is 4.52. The van der Waals surface area contributed by atoms with Crippen LogP contribution in [0.25, 0.3) is 6.08 Å². The number of hydrogen-bond acceptors (Lipinski definition) is 7. The maximum Gasteiger partial charge on any atom is 0.328 e. The van der Waals surface area contributed by atoms with Crippen molar-refractivity contribution in [3.63, 3.8) is 0 Å². The quantitative estimate of drug-likeness (QED) is 0.426. The number of amides is 5. The number of urea groups is 1. The maximum absolute atomic E-state index is 12.3. The van der Waals surface area contributed by atoms with Gasteiger partial charge in [0.1, 0.15) is 11.3 Å². The van der Waals surface area contributed by atoms with E-state index in [4.69, 9.17) is 25.8 Å². The first kappa shape index (κ1) is 22.6. The zero-order chi connectivity index (χ0) is 23.3. The number of imide groups is 2. The molecule has 166 valence electrons. The summed E-state index contributed by atoms with van der Waals surface area (Å²) in [4.78, 5) is 47.3. The molecule has 2 aromatic carbocycles. The van der Waals surface area contributed by atoms with Crippen molar-refractivity contribution < 1.29 is 33.4 Å². The molecule has 0 saturated carbocycles. The molecule has 3 rings (SSSR count). The Kier molecular flexibility index (Phi) is 6.96. The molecule has 0 radical (unpaired) electrons. The van der Waals surface area contributed by atoms with Crippen molar-refractivity contribution in [3.8, 4) is 17.2 Å². The Hall–Kier alpha value is -4.05. The number of halogens is 1. The van der Waals surface area contributed by atoms with Gasteiger partial charge in [-0.3, -0.25) is 25.0 Å². The number of anilines is 1. The lowest BCUT2D eigenvalue weighted by atomic mass is 10.1. The molecule has 11 heteroatoms. The van der Waals surface area contributed by atoms with E-state index in [0.29, 0.717) is 17.0 Å². The molecule has 0 bridgehead atoms. The van der Waals surface area contributed by atoms with Gasteiger partial charge in [0.05, 0.1) is 24.9 Å². The fraction of sp³-hybridized carbons (Fsp3) is 0.143. The van der Waals surface area contributed by atoms with Gasteiger partial charge in [-0.05, 0) is 35.9 Å². The number of methoxy groups -OCH3 is 2. The average Bonchev–Trinajstić information content (AvgIpc) is 2.75. The predicted molar refractivity (Wildman–Crippen MR) is 115 cm³/mol. The van der Waals surface area contributed by atoms with Crippen LogP contribution < -0.4 is 30.2 Å². The van der Waals surface area contributed by atoms with Gasteiger partial charge in [0.2, 0.25) is 0 Å². The van der Waals surface area contributed by atoms with Gasteiger partial charge in [-0.25, -0.2) is 4.79 Å². The number of carbonyl (C=O) groups excluding carboxylic acids is 4. The monoisotopic (exact) mass is 459 g/mol. The lowest BCUT2D eigenvalue weighted by Gasteiger charge is -2.16. The second-order valence-electron chi connectivity index (χ2n) is 6.37. The summed E-state index contributed by atoms with van der Waals surface area (Å²) in [7, 11) is 2.85. The van der Waals surface area contributed by atoms with Gasteiger partial charge in [-0.1, -0.05) is 23.7 Å². The minimum Gasteiger partial charge on any atom is -0.495 e. The Morgan fingerprint density at radius 1 is 1.03 bits per heavy atom. The number of carbonyl (C=O) groups is 4. The number of nitrogens with one attached hydrogen (secondary N) is 3. The maximum atomic E-state index is 12.3. The SMILES string of the molecule is COc1ccccc1NC(=O)COc1c(Cl)cc(C=C2C(=O)NC(=O)NC2=O)cc1OC. The molecule has 1 aliphatic heterocycles. The summed E-state index contributed by atoms with van der Waals surface area (Å²) in [6.07, 6.45) is 1.24. The Labute approximate surface area is 187 Å². The second-order valence-corrected chi connectivity index (χ2v) is 6.77. The Morgan fingerprint density at radius 2 is 1.69 bits per heavy atom. The van der Waals surface area contributed by atoms with Crippen LogP contribution in [0, 0.1) is 0 Å². The van der Waals surface area contributed by atoms with Gasteiger partial charge in [-0.2, -0.15) is 0 Å². The van der Waals surface area contributed by atoms with E-state index >= 15 is 0 Å². The van der Waals surface area contributed by atoms with Gasteiger partial charge < -0.3 is 19.5 Å². The lowest BCUT2D eigenvalue weighted by molar-refractivity contribution is -0.124. The molecule has 2 aromatic rings. The smallest absolute Gasteiger partial charge is 0.328 e. The van der Waals surface area contributed by atoms with E-state index in [1.807, 2.05) is 10.6 Å². The summed E-state index contributed by atoms with van der Waals surface area (Å²) in [5, 5.41) is 6.70. The largest absolute Gasteiger partial charge is 0.495 e. The van der Waals surface area contributed by atoms with Crippen molar-refractivity contribution in [2.75, 3.05) is 26.1 Å². The van der Waals surface area contributed by atoms with Crippen molar-refractivity contribution in [3.05, 3.63) is 52.6 Å². The predicted octanol–water partition coefficient (Wildman–Crippen LogP) is 2.12. The van der Waals surface area contributed by atoms with Crippen molar-refractivity contribution in [2.24, 2.45) is 0 Å². The van der Waals surface area contributed by atoms with E-state index in [0.717, 1.165) is 0 Å². The first-order valence-corrected chi connectivity index (χ1v) is 9.51. The molecule has 32 heavy (non-hydrogen) atoms. The zero-order valence-corrected chi connectivity index (χ0v) is 17.7. The number of rotatable bonds is 7. The van der Waals surface area contributed by atoms with Crippen LogP contribution in [0.3, 0.4) is 0 Å². The molecule has 5 amide bonds. The van der Waals surface area contributed by atoms with E-state index in [9.17, 15) is 19.2 Å². The van der Waals surface area contributed by atoms with E-state index in [1.54, 1.807) is 24.3 Å². The summed E-state index contributed by atoms with van der Waals surface area (Å²) < 4.78 is 16.0. The molecule has 1 saturated heterocycles. The molecule has 0 aromatic heterocycles. The minimum atomic E-state index is -0.900. The van der Waals surface area contributed by atoms with Crippen LogP contribution in [0.15, 0.2) is 42.0 Å². The van der Waals surface area contributed by atoms with Crippen molar-refractivity contribution in [1.82, 2.24) is 10.6 Å². The normalized spacial score (nSPS) is 13.1. The molecule has 0 atom stereocenters. The number of benzene rings is 2. The molecular weight excluding hydrogens is 442 g/mol. The third-order valence-electron chi connectivity index (χ3n) is 4.23. The molecule has 0 unspecified atom stereocenters. The first-order chi connectivity index (χ1) is 15.3. The highest BCUT2D eigenvalue weighted by molar-refractivity contribution is 6.33. The summed E-state index contributed by atoms with van der Waals surface area (Å²) in [6, 6.07) is 8.87. The Balaban J connectivity index is 1.76. The highest BCUT2D eigenvalue weighted by atomic mass is 35.5.